The lowest BCUT2D eigenvalue weighted by atomic mass is 9.78. The van der Waals surface area contributed by atoms with E-state index in [-0.39, 0.29) is 0 Å². The van der Waals surface area contributed by atoms with E-state index >= 15 is 0 Å². The van der Waals surface area contributed by atoms with Crippen LogP contribution >= 0.6 is 0 Å². The molecule has 0 unspecified atom stereocenters. The van der Waals surface area contributed by atoms with Gasteiger partial charge in [0, 0.05) is 0 Å². The monoisotopic (exact) mass is 303 g/mol. The number of oxime groups is 2. The number of hydrazone groups is 1. The summed E-state index contributed by atoms with van der Waals surface area (Å²) in [5, 5.41) is 33.0. The molecule has 0 amide bonds. The third-order valence-electron chi connectivity index (χ3n) is 3.53. The van der Waals surface area contributed by atoms with E-state index in [1.165, 1.54) is 0 Å². The smallest absolute Gasteiger partial charge is 0.137 e. The standard InChI is InChI=1S/C15H21N5O2/c1-14(2)12(18-21)11(13(19-22)15(3,4)20-14)17-16-10-8-6-5-7-9-10/h5-9,16,20-22H,1-4H3/b17-11?,18-12-,19-13?. The molecule has 4 N–H and O–H groups in total. The Morgan fingerprint density at radius 2 is 1.41 bits per heavy atom. The highest BCUT2D eigenvalue weighted by molar-refractivity contribution is 6.72. The fourth-order valence-electron chi connectivity index (χ4n) is 2.69. The Morgan fingerprint density at radius 1 is 0.909 bits per heavy atom. The highest BCUT2D eigenvalue weighted by Gasteiger charge is 2.47. The Hall–Kier alpha value is -2.41. The molecule has 0 aromatic heterocycles. The minimum absolute atomic E-state index is 0.294. The Balaban J connectivity index is 2.47. The zero-order chi connectivity index (χ0) is 16.4. The number of nitrogens with zero attached hydrogens (tertiary/aromatic N) is 3. The van der Waals surface area contributed by atoms with Crippen molar-refractivity contribution in [2.75, 3.05) is 5.43 Å². The van der Waals surface area contributed by atoms with Crippen molar-refractivity contribution in [3.63, 3.8) is 0 Å². The van der Waals surface area contributed by atoms with Crippen molar-refractivity contribution in [1.82, 2.24) is 5.32 Å². The average Bonchev–Trinajstić information content (AvgIpc) is 2.44. The number of rotatable bonds is 2. The zero-order valence-corrected chi connectivity index (χ0v) is 13.1. The molecule has 1 saturated heterocycles. The second-order valence-electron chi connectivity index (χ2n) is 6.21. The van der Waals surface area contributed by atoms with Gasteiger partial charge in [0.1, 0.15) is 17.1 Å². The molecule has 1 aliphatic rings. The van der Waals surface area contributed by atoms with Crippen LogP contribution in [0.1, 0.15) is 27.7 Å². The van der Waals surface area contributed by atoms with Gasteiger partial charge >= 0.3 is 0 Å². The summed E-state index contributed by atoms with van der Waals surface area (Å²) < 4.78 is 0. The van der Waals surface area contributed by atoms with Crippen LogP contribution < -0.4 is 10.7 Å². The number of hydrogen-bond acceptors (Lipinski definition) is 7. The third kappa shape index (κ3) is 2.94. The van der Waals surface area contributed by atoms with E-state index < -0.39 is 11.1 Å². The lowest BCUT2D eigenvalue weighted by Crippen LogP contribution is -2.69. The third-order valence-corrected chi connectivity index (χ3v) is 3.53. The highest BCUT2D eigenvalue weighted by Crippen LogP contribution is 2.24. The molecule has 1 fully saturated rings. The molecule has 1 aromatic rings. The number of hydrogen-bond donors (Lipinski definition) is 4. The molecule has 7 nitrogen and oxygen atoms in total. The minimum atomic E-state index is -0.635. The molecule has 0 aliphatic carbocycles. The van der Waals surface area contributed by atoms with E-state index in [2.05, 4.69) is 26.2 Å². The van der Waals surface area contributed by atoms with Crippen LogP contribution in [-0.4, -0.2) is 38.6 Å². The molecule has 2 rings (SSSR count). The van der Waals surface area contributed by atoms with Crippen LogP contribution in [0.25, 0.3) is 0 Å². The number of benzene rings is 1. The van der Waals surface area contributed by atoms with Gasteiger partial charge in [0.2, 0.25) is 0 Å². The Kier molecular flexibility index (Phi) is 4.18. The maximum absolute atomic E-state index is 9.38. The number of nitrogens with one attached hydrogen (secondary N) is 2. The molecule has 0 atom stereocenters. The van der Waals surface area contributed by atoms with Gasteiger partial charge < -0.3 is 10.4 Å². The molecule has 7 heteroatoms. The minimum Gasteiger partial charge on any atom is -0.411 e. The Morgan fingerprint density at radius 3 is 1.86 bits per heavy atom. The van der Waals surface area contributed by atoms with Crippen molar-refractivity contribution in [2.24, 2.45) is 15.4 Å². The van der Waals surface area contributed by atoms with Crippen molar-refractivity contribution in [3.8, 4) is 0 Å². The zero-order valence-electron chi connectivity index (χ0n) is 13.1. The maximum atomic E-state index is 9.38. The second kappa shape index (κ2) is 5.76. The van der Waals surface area contributed by atoms with Gasteiger partial charge in [-0.3, -0.25) is 10.7 Å². The maximum Gasteiger partial charge on any atom is 0.137 e. The summed E-state index contributed by atoms with van der Waals surface area (Å²) >= 11 is 0. The van der Waals surface area contributed by atoms with Crippen molar-refractivity contribution < 1.29 is 10.4 Å². The van der Waals surface area contributed by atoms with Gasteiger partial charge in [0.05, 0.1) is 16.8 Å². The van der Waals surface area contributed by atoms with Gasteiger partial charge in [0.15, 0.2) is 0 Å². The van der Waals surface area contributed by atoms with Crippen molar-refractivity contribution >= 4 is 22.8 Å². The van der Waals surface area contributed by atoms with Crippen LogP contribution in [0.3, 0.4) is 0 Å². The van der Waals surface area contributed by atoms with Crippen LogP contribution in [0.4, 0.5) is 5.69 Å². The van der Waals surface area contributed by atoms with Gasteiger partial charge in [-0.25, -0.2) is 0 Å². The van der Waals surface area contributed by atoms with Gasteiger partial charge in [-0.15, -0.1) is 0 Å². The van der Waals surface area contributed by atoms with Gasteiger partial charge in [-0.2, -0.15) is 5.10 Å². The van der Waals surface area contributed by atoms with Gasteiger partial charge in [-0.1, -0.05) is 28.5 Å². The first-order chi connectivity index (χ1) is 10.3. The molecule has 1 heterocycles. The summed E-state index contributed by atoms with van der Waals surface area (Å²) in [5.74, 6) is 0. The SMILES string of the molecule is CC1(C)NC(C)(C)/C(=N\O)C(=NNc2ccccc2)C1=NO. The van der Waals surface area contributed by atoms with Gasteiger partial charge in [0.25, 0.3) is 0 Å². The van der Waals surface area contributed by atoms with Crippen LogP contribution in [0.15, 0.2) is 45.7 Å². The summed E-state index contributed by atoms with van der Waals surface area (Å²) in [7, 11) is 0. The molecular weight excluding hydrogens is 282 g/mol. The van der Waals surface area contributed by atoms with Crippen LogP contribution in [0, 0.1) is 0 Å². The van der Waals surface area contributed by atoms with Crippen LogP contribution in [0.2, 0.25) is 0 Å². The fraction of sp³-hybridized carbons (Fsp3) is 0.400. The fourth-order valence-corrected chi connectivity index (χ4v) is 2.69. The second-order valence-corrected chi connectivity index (χ2v) is 6.21. The highest BCUT2D eigenvalue weighted by atomic mass is 16.4. The normalized spacial score (nSPS) is 25.5. The number of piperidine rings is 1. The van der Waals surface area contributed by atoms with Crippen molar-refractivity contribution in [1.29, 1.82) is 0 Å². The largest absolute Gasteiger partial charge is 0.411 e. The molecule has 0 radical (unpaired) electrons. The summed E-state index contributed by atoms with van der Waals surface area (Å²) in [5.41, 5.74) is 3.30. The molecule has 0 bridgehead atoms. The molecular formula is C15H21N5O2. The van der Waals surface area contributed by atoms with E-state index in [0.29, 0.717) is 17.1 Å². The summed E-state index contributed by atoms with van der Waals surface area (Å²) in [6.07, 6.45) is 0. The first-order valence-electron chi connectivity index (χ1n) is 6.96. The quantitative estimate of drug-likeness (QED) is 0.497. The summed E-state index contributed by atoms with van der Waals surface area (Å²) in [6, 6.07) is 9.36. The molecule has 0 saturated carbocycles. The first kappa shape index (κ1) is 16.0. The Labute approximate surface area is 129 Å². The predicted molar refractivity (Wildman–Crippen MR) is 87.2 cm³/mol. The molecule has 1 aliphatic heterocycles. The first-order valence-corrected chi connectivity index (χ1v) is 6.96. The van der Waals surface area contributed by atoms with E-state index in [1.807, 2.05) is 58.0 Å². The van der Waals surface area contributed by atoms with Crippen molar-refractivity contribution in [2.45, 2.75) is 38.8 Å². The van der Waals surface area contributed by atoms with Gasteiger partial charge in [-0.05, 0) is 39.8 Å². The van der Waals surface area contributed by atoms with E-state index in [9.17, 15) is 10.4 Å². The lowest BCUT2D eigenvalue weighted by Gasteiger charge is -2.43. The molecule has 0 spiro atoms. The molecule has 1 aromatic carbocycles. The predicted octanol–water partition coefficient (Wildman–Crippen LogP) is 2.28. The van der Waals surface area contributed by atoms with E-state index in [1.54, 1.807) is 0 Å². The van der Waals surface area contributed by atoms with E-state index in [4.69, 9.17) is 0 Å². The molecule has 22 heavy (non-hydrogen) atoms. The topological polar surface area (TPSA) is 102 Å². The van der Waals surface area contributed by atoms with Crippen molar-refractivity contribution in [3.05, 3.63) is 30.3 Å². The van der Waals surface area contributed by atoms with Crippen LogP contribution in [-0.2, 0) is 0 Å². The Bertz CT molecular complexity index is 601. The number of anilines is 1. The van der Waals surface area contributed by atoms with Crippen LogP contribution in [0.5, 0.6) is 0 Å². The summed E-state index contributed by atoms with van der Waals surface area (Å²) in [4.78, 5) is 0. The lowest BCUT2D eigenvalue weighted by molar-refractivity contribution is 0.297. The molecule has 118 valence electrons. The number of para-hydroxylation sites is 1. The van der Waals surface area contributed by atoms with E-state index in [0.717, 1.165) is 5.69 Å². The summed E-state index contributed by atoms with van der Waals surface area (Å²) in [6.45, 7) is 7.48. The average molecular weight is 303 g/mol.